The first kappa shape index (κ1) is 31.0. The van der Waals surface area contributed by atoms with Crippen LogP contribution in [0.2, 0.25) is 0 Å². The number of azide groups is 1. The molecule has 3 aromatic heterocycles. The Bertz CT molecular complexity index is 1660. The number of nitrogens with one attached hydrogen (secondary N) is 1. The molecule has 0 unspecified atom stereocenters. The zero-order valence-electron chi connectivity index (χ0n) is 25.0. The van der Waals surface area contributed by atoms with Crippen molar-refractivity contribution in [3.63, 3.8) is 0 Å². The molecule has 0 amide bonds. The molecule has 1 N–H and O–H groups in total. The number of aromatic nitrogens is 3. The molecule has 0 spiro atoms. The van der Waals surface area contributed by atoms with E-state index in [0.717, 1.165) is 0 Å². The number of cyclic esters (lactones) is 1. The molecule has 0 aromatic carbocycles. The molecule has 0 aliphatic carbocycles. The first-order valence-corrected chi connectivity index (χ1v) is 15.8. The number of nitrogens with zero attached hydrogens (tertiary/aromatic N) is 6. The van der Waals surface area contributed by atoms with Gasteiger partial charge in [0.25, 0.3) is 0 Å². The Hall–Kier alpha value is -3.96. The molecule has 1 aliphatic heterocycles. The van der Waals surface area contributed by atoms with E-state index in [1.165, 1.54) is 0 Å². The van der Waals surface area contributed by atoms with E-state index in [9.17, 15) is 18.7 Å². The lowest BCUT2D eigenvalue weighted by molar-refractivity contribution is 0.0235. The maximum Gasteiger partial charge on any atom is 0.340 e. The number of carbonyl (C=O) groups excluding carboxylic acids is 1. The molecule has 13 heteroatoms. The number of pyridine rings is 3. The number of hydrogen-bond acceptors (Lipinski definition) is 10. The van der Waals surface area contributed by atoms with Gasteiger partial charge < -0.3 is 14.8 Å². The van der Waals surface area contributed by atoms with Gasteiger partial charge in [0.15, 0.2) is 9.84 Å². The van der Waals surface area contributed by atoms with Crippen LogP contribution in [-0.4, -0.2) is 52.5 Å². The maximum atomic E-state index is 12.3. The fraction of sp³-hybridized carbons (Fsp3) is 0.517. The molecule has 0 radical (unpaired) electrons. The summed E-state index contributed by atoms with van der Waals surface area (Å²) in [5.74, 6) is 0.876. The highest BCUT2D eigenvalue weighted by Crippen LogP contribution is 2.38. The standard InChI is InChI=1S/C29H37N7O5S/c1-8-29(7,35-36-30)23-15-32-27(40-16(3)12-17(4)42(38,39)9-2)22-14-31-25(13-21(22)23)33-24-11-10-20-26(34-24)18(5)19(6)41-28(20)37/h10-11,13-19H,8-9,12H2,1-7H3,(H,31,33,34)/t16-,17-,18+,19+,29-/m1/s1. The van der Waals surface area contributed by atoms with Crippen LogP contribution in [0.3, 0.4) is 0 Å². The third kappa shape index (κ3) is 6.12. The molecule has 12 nitrogen and oxygen atoms in total. The van der Waals surface area contributed by atoms with Crippen LogP contribution in [-0.2, 0) is 20.1 Å². The van der Waals surface area contributed by atoms with Crippen molar-refractivity contribution < 1.29 is 22.7 Å². The molecule has 0 saturated heterocycles. The Balaban J connectivity index is 1.75. The first-order chi connectivity index (χ1) is 19.8. The summed E-state index contributed by atoms with van der Waals surface area (Å²) < 4.78 is 36.2. The van der Waals surface area contributed by atoms with Gasteiger partial charge in [0.1, 0.15) is 17.7 Å². The molecular weight excluding hydrogens is 558 g/mol. The quantitative estimate of drug-likeness (QED) is 0.115. The van der Waals surface area contributed by atoms with Gasteiger partial charge >= 0.3 is 5.97 Å². The fourth-order valence-corrected chi connectivity index (χ4v) is 6.14. The Morgan fingerprint density at radius 3 is 2.57 bits per heavy atom. The van der Waals surface area contributed by atoms with Gasteiger partial charge in [-0.05, 0) is 68.8 Å². The van der Waals surface area contributed by atoms with Crippen LogP contribution in [0.4, 0.5) is 11.6 Å². The molecule has 3 aromatic rings. The molecule has 42 heavy (non-hydrogen) atoms. The van der Waals surface area contributed by atoms with Gasteiger partial charge in [-0.15, -0.1) is 0 Å². The highest BCUT2D eigenvalue weighted by molar-refractivity contribution is 7.91. The third-order valence-electron chi connectivity index (χ3n) is 8.09. The van der Waals surface area contributed by atoms with Gasteiger partial charge in [0, 0.05) is 35.4 Å². The zero-order valence-corrected chi connectivity index (χ0v) is 25.8. The third-order valence-corrected chi connectivity index (χ3v) is 10.3. The van der Waals surface area contributed by atoms with E-state index < -0.39 is 32.7 Å². The zero-order chi connectivity index (χ0) is 30.8. The Labute approximate surface area is 245 Å². The van der Waals surface area contributed by atoms with Gasteiger partial charge in [0.2, 0.25) is 5.88 Å². The summed E-state index contributed by atoms with van der Waals surface area (Å²) in [6.45, 7) is 12.7. The molecule has 5 atom stereocenters. The smallest absolute Gasteiger partial charge is 0.340 e. The summed E-state index contributed by atoms with van der Waals surface area (Å²) in [4.78, 5) is 29.2. The largest absolute Gasteiger partial charge is 0.474 e. The van der Waals surface area contributed by atoms with Crippen LogP contribution in [0.5, 0.6) is 5.88 Å². The minimum Gasteiger partial charge on any atom is -0.474 e. The number of anilines is 2. The van der Waals surface area contributed by atoms with E-state index in [1.807, 2.05) is 40.7 Å². The van der Waals surface area contributed by atoms with Crippen molar-refractivity contribution in [1.29, 1.82) is 0 Å². The van der Waals surface area contributed by atoms with Gasteiger partial charge in [-0.3, -0.25) is 0 Å². The second-order valence-corrected chi connectivity index (χ2v) is 13.7. The lowest BCUT2D eigenvalue weighted by Crippen LogP contribution is -2.29. The van der Waals surface area contributed by atoms with Crippen LogP contribution in [0.25, 0.3) is 21.2 Å². The van der Waals surface area contributed by atoms with E-state index >= 15 is 0 Å². The Morgan fingerprint density at radius 1 is 1.17 bits per heavy atom. The number of hydrogen-bond donors (Lipinski definition) is 1. The predicted molar refractivity (Wildman–Crippen MR) is 161 cm³/mol. The van der Waals surface area contributed by atoms with E-state index in [-0.39, 0.29) is 17.8 Å². The van der Waals surface area contributed by atoms with Crippen molar-refractivity contribution in [2.24, 2.45) is 5.11 Å². The molecular formula is C29H37N7O5S. The summed E-state index contributed by atoms with van der Waals surface area (Å²) in [5.41, 5.74) is 10.2. The van der Waals surface area contributed by atoms with Crippen LogP contribution >= 0.6 is 0 Å². The number of fused-ring (bicyclic) bond motifs is 2. The highest BCUT2D eigenvalue weighted by atomic mass is 32.2. The molecule has 4 rings (SSSR count). The number of sulfone groups is 1. The minimum atomic E-state index is -3.21. The van der Waals surface area contributed by atoms with Crippen molar-refractivity contribution in [1.82, 2.24) is 15.0 Å². The van der Waals surface area contributed by atoms with Crippen LogP contribution in [0.1, 0.15) is 88.8 Å². The maximum absolute atomic E-state index is 12.3. The normalized spacial score (nSPS) is 19.5. The van der Waals surface area contributed by atoms with Crippen LogP contribution < -0.4 is 10.1 Å². The summed E-state index contributed by atoms with van der Waals surface area (Å²) in [5, 5.41) is 8.04. The number of rotatable bonds is 11. The van der Waals surface area contributed by atoms with Gasteiger partial charge in [-0.2, -0.15) is 0 Å². The molecule has 224 valence electrons. The van der Waals surface area contributed by atoms with Gasteiger partial charge in [0.05, 0.1) is 33.5 Å². The first-order valence-electron chi connectivity index (χ1n) is 14.1. The molecule has 0 saturated carbocycles. The average Bonchev–Trinajstić information content (AvgIpc) is 2.95. The van der Waals surface area contributed by atoms with Crippen LogP contribution in [0.15, 0.2) is 35.7 Å². The fourth-order valence-electron chi connectivity index (χ4n) is 5.01. The Morgan fingerprint density at radius 2 is 1.90 bits per heavy atom. The van der Waals surface area contributed by atoms with Crippen molar-refractivity contribution in [3.05, 3.63) is 57.9 Å². The number of esters is 1. The van der Waals surface area contributed by atoms with E-state index in [1.54, 1.807) is 38.4 Å². The van der Waals surface area contributed by atoms with E-state index in [2.05, 4.69) is 25.3 Å². The van der Waals surface area contributed by atoms with Crippen molar-refractivity contribution >= 4 is 38.2 Å². The summed E-state index contributed by atoms with van der Waals surface area (Å²) in [6.07, 6.45) is 3.33. The second kappa shape index (κ2) is 12.1. The molecule has 0 bridgehead atoms. The minimum absolute atomic E-state index is 0.0621. The number of ether oxygens (including phenoxy) is 2. The molecule has 0 fully saturated rings. The number of carbonyl (C=O) groups is 1. The van der Waals surface area contributed by atoms with Gasteiger partial charge in [-0.25, -0.2) is 28.2 Å². The van der Waals surface area contributed by atoms with E-state index in [0.29, 0.717) is 58.0 Å². The lowest BCUT2D eigenvalue weighted by atomic mass is 9.88. The van der Waals surface area contributed by atoms with E-state index in [4.69, 9.17) is 14.5 Å². The SMILES string of the molecule is CC[C@@](C)(N=[N+]=[N-])c1cnc(O[C@H](C)C[C@@H](C)S(=O)(=O)CC)c2cnc(Nc3ccc4c(n3)[C@@H](C)[C@H](C)OC4=O)cc12. The predicted octanol–water partition coefficient (Wildman–Crippen LogP) is 6.35. The van der Waals surface area contributed by atoms with Gasteiger partial charge in [-0.1, -0.05) is 25.9 Å². The molecule has 4 heterocycles. The Kier molecular flexibility index (Phi) is 8.93. The molecule has 1 aliphatic rings. The summed E-state index contributed by atoms with van der Waals surface area (Å²) in [7, 11) is -3.21. The lowest BCUT2D eigenvalue weighted by Gasteiger charge is -2.27. The highest BCUT2D eigenvalue weighted by Gasteiger charge is 2.32. The average molecular weight is 596 g/mol. The monoisotopic (exact) mass is 595 g/mol. The summed E-state index contributed by atoms with van der Waals surface area (Å²) in [6, 6.07) is 5.20. The van der Waals surface area contributed by atoms with Crippen molar-refractivity contribution in [3.8, 4) is 5.88 Å². The van der Waals surface area contributed by atoms with Crippen molar-refractivity contribution in [2.45, 2.75) is 90.2 Å². The topological polar surface area (TPSA) is 169 Å². The van der Waals surface area contributed by atoms with Crippen molar-refractivity contribution in [2.75, 3.05) is 11.1 Å². The van der Waals surface area contributed by atoms with Crippen LogP contribution in [0, 0.1) is 0 Å². The summed E-state index contributed by atoms with van der Waals surface area (Å²) >= 11 is 0. The second-order valence-electron chi connectivity index (χ2n) is 11.0.